The fourth-order valence-electron chi connectivity index (χ4n) is 2.33. The number of benzene rings is 1. The normalized spacial score (nSPS) is 10.4. The largest absolute Gasteiger partial charge is 0.321 e. The van der Waals surface area contributed by atoms with E-state index in [1.54, 1.807) is 43.6 Å². The van der Waals surface area contributed by atoms with E-state index in [0.717, 1.165) is 6.20 Å². The summed E-state index contributed by atoms with van der Waals surface area (Å²) in [6.45, 7) is 0. The van der Waals surface area contributed by atoms with E-state index in [1.807, 2.05) is 0 Å². The average Bonchev–Trinajstić information content (AvgIpc) is 3.22. The molecule has 0 saturated carbocycles. The van der Waals surface area contributed by atoms with Gasteiger partial charge in [0.2, 0.25) is 5.69 Å². The number of aryl methyl sites for hydroxylation is 2. The van der Waals surface area contributed by atoms with Gasteiger partial charge in [-0.2, -0.15) is 10.2 Å². The van der Waals surface area contributed by atoms with Crippen molar-refractivity contribution in [3.63, 3.8) is 0 Å². The number of hydrogen-bond donors (Lipinski definition) is 2. The lowest BCUT2D eigenvalue weighted by molar-refractivity contribution is -0.385. The molecule has 2 aromatic heterocycles. The molecule has 138 valence electrons. The van der Waals surface area contributed by atoms with E-state index in [4.69, 9.17) is 0 Å². The van der Waals surface area contributed by atoms with Gasteiger partial charge in [0.25, 0.3) is 11.8 Å². The second-order valence-electron chi connectivity index (χ2n) is 5.65. The molecule has 0 aliphatic carbocycles. The van der Waals surface area contributed by atoms with Gasteiger partial charge >= 0.3 is 5.69 Å². The Bertz CT molecular complexity index is 1020. The first kappa shape index (κ1) is 17.8. The van der Waals surface area contributed by atoms with Gasteiger partial charge < -0.3 is 10.6 Å². The summed E-state index contributed by atoms with van der Waals surface area (Å²) in [6, 6.07) is 7.87. The first-order chi connectivity index (χ1) is 12.8. The fraction of sp³-hybridized carbons (Fsp3) is 0.125. The second kappa shape index (κ2) is 7.07. The number of nitrogens with one attached hydrogen (secondary N) is 2. The Morgan fingerprint density at radius 2 is 1.56 bits per heavy atom. The highest BCUT2D eigenvalue weighted by Gasteiger charge is 2.24. The molecule has 11 nitrogen and oxygen atoms in total. The molecule has 0 unspecified atom stereocenters. The summed E-state index contributed by atoms with van der Waals surface area (Å²) in [7, 11) is 3.20. The van der Waals surface area contributed by atoms with E-state index in [-0.39, 0.29) is 23.0 Å². The van der Waals surface area contributed by atoms with Crippen LogP contribution in [0.1, 0.15) is 21.0 Å². The lowest BCUT2D eigenvalue weighted by Gasteiger charge is -2.06. The first-order valence-electron chi connectivity index (χ1n) is 7.74. The molecule has 0 atom stereocenters. The molecule has 11 heteroatoms. The molecule has 0 radical (unpaired) electrons. The molecule has 0 saturated heterocycles. The van der Waals surface area contributed by atoms with Crippen LogP contribution in [0.25, 0.3) is 0 Å². The zero-order valence-electron chi connectivity index (χ0n) is 14.4. The van der Waals surface area contributed by atoms with Gasteiger partial charge in [0.1, 0.15) is 6.20 Å². The molecule has 27 heavy (non-hydrogen) atoms. The van der Waals surface area contributed by atoms with Gasteiger partial charge in [-0.3, -0.25) is 29.1 Å². The van der Waals surface area contributed by atoms with E-state index >= 15 is 0 Å². The Morgan fingerprint density at radius 1 is 0.963 bits per heavy atom. The van der Waals surface area contributed by atoms with E-state index < -0.39 is 10.8 Å². The summed E-state index contributed by atoms with van der Waals surface area (Å²) in [5, 5.41) is 24.0. The lowest BCUT2D eigenvalue weighted by Crippen LogP contribution is -2.15. The van der Waals surface area contributed by atoms with Crippen molar-refractivity contribution < 1.29 is 14.5 Å². The summed E-state index contributed by atoms with van der Waals surface area (Å²) in [5.41, 5.74) is 0.518. The molecule has 0 fully saturated rings. The third-order valence-corrected chi connectivity index (χ3v) is 3.57. The number of carbonyl (C=O) groups excluding carboxylic acids is 2. The van der Waals surface area contributed by atoms with Crippen LogP contribution in [0.2, 0.25) is 0 Å². The quantitative estimate of drug-likeness (QED) is 0.517. The zero-order chi connectivity index (χ0) is 19.6. The predicted molar refractivity (Wildman–Crippen MR) is 95.4 cm³/mol. The van der Waals surface area contributed by atoms with Crippen LogP contribution >= 0.6 is 0 Å². The van der Waals surface area contributed by atoms with Gasteiger partial charge in [0, 0.05) is 31.7 Å². The summed E-state index contributed by atoms with van der Waals surface area (Å²) in [5.74, 6) is -1.07. The van der Waals surface area contributed by atoms with Gasteiger partial charge in [0.15, 0.2) is 5.69 Å². The van der Waals surface area contributed by atoms with Crippen LogP contribution < -0.4 is 10.6 Å². The van der Waals surface area contributed by atoms with E-state index in [1.165, 1.54) is 16.4 Å². The Hall–Kier alpha value is -4.02. The van der Waals surface area contributed by atoms with Crippen molar-refractivity contribution in [2.45, 2.75) is 0 Å². The fourth-order valence-corrected chi connectivity index (χ4v) is 2.33. The number of rotatable bonds is 5. The van der Waals surface area contributed by atoms with Gasteiger partial charge in [-0.25, -0.2) is 0 Å². The maximum atomic E-state index is 12.2. The van der Waals surface area contributed by atoms with Crippen molar-refractivity contribution in [3.05, 3.63) is 64.2 Å². The van der Waals surface area contributed by atoms with Gasteiger partial charge in [0.05, 0.1) is 4.92 Å². The summed E-state index contributed by atoms with van der Waals surface area (Å²) in [6.07, 6.45) is 2.81. The van der Waals surface area contributed by atoms with Crippen LogP contribution in [-0.4, -0.2) is 36.3 Å². The van der Waals surface area contributed by atoms with Crippen LogP contribution in [0.5, 0.6) is 0 Å². The molecular formula is C16H15N7O4. The number of hydrogen-bond acceptors (Lipinski definition) is 6. The van der Waals surface area contributed by atoms with Gasteiger partial charge in [-0.15, -0.1) is 0 Å². The van der Waals surface area contributed by atoms with Crippen LogP contribution in [0.4, 0.5) is 17.1 Å². The highest BCUT2D eigenvalue weighted by molar-refractivity contribution is 6.06. The standard InChI is InChI=1S/C16H15N7O4/c1-21-8-7-12(19-21)15(24)17-10-3-5-11(6-4-10)18-16(25)14-13(23(26)27)9-22(2)20-14/h3-9H,1-2H3,(H,17,24)(H,18,25). The zero-order valence-corrected chi connectivity index (χ0v) is 14.4. The lowest BCUT2D eigenvalue weighted by atomic mass is 10.2. The third-order valence-electron chi connectivity index (χ3n) is 3.57. The molecule has 3 aromatic rings. The molecule has 0 aliphatic rings. The number of amides is 2. The average molecular weight is 369 g/mol. The Labute approximate surface area is 152 Å². The molecule has 0 aliphatic heterocycles. The second-order valence-corrected chi connectivity index (χ2v) is 5.65. The third kappa shape index (κ3) is 3.98. The van der Waals surface area contributed by atoms with Crippen LogP contribution in [0, 0.1) is 10.1 Å². The molecule has 3 rings (SSSR count). The maximum absolute atomic E-state index is 12.2. The monoisotopic (exact) mass is 369 g/mol. The maximum Gasteiger partial charge on any atom is 0.320 e. The van der Waals surface area contributed by atoms with E-state index in [2.05, 4.69) is 20.8 Å². The number of aromatic nitrogens is 4. The smallest absolute Gasteiger partial charge is 0.320 e. The minimum absolute atomic E-state index is 0.275. The summed E-state index contributed by atoms with van der Waals surface area (Å²) < 4.78 is 2.72. The van der Waals surface area contributed by atoms with Gasteiger partial charge in [-0.1, -0.05) is 0 Å². The Balaban J connectivity index is 1.68. The van der Waals surface area contributed by atoms with Crippen molar-refractivity contribution in [1.29, 1.82) is 0 Å². The Morgan fingerprint density at radius 3 is 2.07 bits per heavy atom. The van der Waals surface area contributed by atoms with E-state index in [9.17, 15) is 19.7 Å². The minimum Gasteiger partial charge on any atom is -0.321 e. The molecule has 2 amide bonds. The number of nitro groups is 1. The van der Waals surface area contributed by atoms with Gasteiger partial charge in [-0.05, 0) is 30.3 Å². The van der Waals surface area contributed by atoms with Crippen molar-refractivity contribution in [3.8, 4) is 0 Å². The minimum atomic E-state index is -0.701. The summed E-state index contributed by atoms with van der Waals surface area (Å²) in [4.78, 5) is 34.6. The highest BCUT2D eigenvalue weighted by Crippen LogP contribution is 2.19. The SMILES string of the molecule is Cn1ccc(C(=O)Nc2ccc(NC(=O)c3nn(C)cc3[N+](=O)[O-])cc2)n1. The van der Waals surface area contributed by atoms with Crippen LogP contribution in [-0.2, 0) is 14.1 Å². The highest BCUT2D eigenvalue weighted by atomic mass is 16.6. The predicted octanol–water partition coefficient (Wildman–Crippen LogP) is 1.57. The first-order valence-corrected chi connectivity index (χ1v) is 7.74. The molecule has 0 spiro atoms. The number of nitrogens with zero attached hydrogens (tertiary/aromatic N) is 5. The molecular weight excluding hydrogens is 354 g/mol. The number of carbonyl (C=O) groups is 2. The van der Waals surface area contributed by atoms with Crippen molar-refractivity contribution in [1.82, 2.24) is 19.6 Å². The molecule has 2 N–H and O–H groups in total. The molecule has 0 bridgehead atoms. The number of anilines is 2. The van der Waals surface area contributed by atoms with Crippen molar-refractivity contribution >= 4 is 28.9 Å². The summed E-state index contributed by atoms with van der Waals surface area (Å²) >= 11 is 0. The Kier molecular flexibility index (Phi) is 4.66. The van der Waals surface area contributed by atoms with Crippen molar-refractivity contribution in [2.24, 2.45) is 14.1 Å². The molecule has 1 aromatic carbocycles. The van der Waals surface area contributed by atoms with Crippen LogP contribution in [0.3, 0.4) is 0 Å². The topological polar surface area (TPSA) is 137 Å². The van der Waals surface area contributed by atoms with Crippen molar-refractivity contribution in [2.75, 3.05) is 10.6 Å². The van der Waals surface area contributed by atoms with Crippen LogP contribution in [0.15, 0.2) is 42.7 Å². The van der Waals surface area contributed by atoms with E-state index in [0.29, 0.717) is 11.4 Å². The molecule has 2 heterocycles.